The minimum Gasteiger partial charge on any atom is -0.507 e. The molecule has 8 heteroatoms. The van der Waals surface area contributed by atoms with Gasteiger partial charge in [-0.1, -0.05) is 64.0 Å². The van der Waals surface area contributed by atoms with Gasteiger partial charge in [0.1, 0.15) is 5.75 Å². The van der Waals surface area contributed by atoms with E-state index in [4.69, 9.17) is 0 Å². The van der Waals surface area contributed by atoms with Gasteiger partial charge >= 0.3 is 0 Å². The van der Waals surface area contributed by atoms with Crippen molar-refractivity contribution in [3.8, 4) is 5.75 Å². The topological polar surface area (TPSA) is 91.8 Å². The van der Waals surface area contributed by atoms with Gasteiger partial charge in [0, 0.05) is 38.6 Å². The number of imide groups is 1. The van der Waals surface area contributed by atoms with E-state index in [1.165, 1.54) is 11.0 Å². The summed E-state index contributed by atoms with van der Waals surface area (Å²) in [7, 11) is 0. The Balaban J connectivity index is 1.40. The Labute approximate surface area is 246 Å². The van der Waals surface area contributed by atoms with Crippen LogP contribution >= 0.6 is 31.9 Å². The summed E-state index contributed by atoms with van der Waals surface area (Å²) in [5, 5.41) is 13.0. The third kappa shape index (κ3) is 3.58. The Morgan fingerprint density at radius 1 is 0.850 bits per heavy atom. The number of benzene rings is 3. The first-order valence-corrected chi connectivity index (χ1v) is 14.6. The average Bonchev–Trinajstić information content (AvgIpc) is 3.21. The molecule has 1 N–H and O–H groups in total. The molecule has 3 aromatic rings. The zero-order valence-electron chi connectivity index (χ0n) is 20.9. The summed E-state index contributed by atoms with van der Waals surface area (Å²) in [6.07, 6.45) is 3.76. The fourth-order valence-corrected chi connectivity index (χ4v) is 7.62. The quantitative estimate of drug-likeness (QED) is 0.199. The summed E-state index contributed by atoms with van der Waals surface area (Å²) >= 11 is 6.65. The van der Waals surface area contributed by atoms with Gasteiger partial charge in [-0.05, 0) is 64.3 Å². The van der Waals surface area contributed by atoms with Crippen molar-refractivity contribution in [2.24, 2.45) is 17.8 Å². The van der Waals surface area contributed by atoms with Crippen LogP contribution in [0.2, 0.25) is 0 Å². The Hall–Kier alpha value is -3.62. The maximum atomic E-state index is 14.0. The maximum Gasteiger partial charge on any atom is 0.238 e. The number of Topliss-reactive ketones (excluding diaryl/α,β-unsaturated/α-hetero) is 1. The highest BCUT2D eigenvalue weighted by Gasteiger charge is 2.56. The van der Waals surface area contributed by atoms with Crippen molar-refractivity contribution in [2.45, 2.75) is 18.8 Å². The van der Waals surface area contributed by atoms with Crippen LogP contribution in [0.3, 0.4) is 0 Å². The van der Waals surface area contributed by atoms with Gasteiger partial charge in [0.15, 0.2) is 11.6 Å². The number of carbonyl (C=O) groups is 4. The molecule has 2 amide bonds. The van der Waals surface area contributed by atoms with Gasteiger partial charge < -0.3 is 5.11 Å². The lowest BCUT2D eigenvalue weighted by atomic mass is 9.59. The average molecular weight is 659 g/mol. The van der Waals surface area contributed by atoms with Crippen LogP contribution in [0.15, 0.2) is 98.5 Å². The number of allylic oxidation sites excluding steroid dienone is 6. The molecular formula is C32H21Br2NO5. The van der Waals surface area contributed by atoms with E-state index in [0.717, 1.165) is 15.4 Å². The molecule has 4 atom stereocenters. The van der Waals surface area contributed by atoms with E-state index < -0.39 is 23.7 Å². The monoisotopic (exact) mass is 657 g/mol. The second-order valence-corrected chi connectivity index (χ2v) is 12.4. The molecule has 3 aromatic carbocycles. The minimum atomic E-state index is -0.711. The summed E-state index contributed by atoms with van der Waals surface area (Å²) < 4.78 is 1.00. The predicted octanol–water partition coefficient (Wildman–Crippen LogP) is 6.27. The number of anilines is 1. The van der Waals surface area contributed by atoms with Crippen LogP contribution in [0, 0.1) is 17.8 Å². The van der Waals surface area contributed by atoms with Crippen molar-refractivity contribution in [3.63, 3.8) is 0 Å². The highest BCUT2D eigenvalue weighted by atomic mass is 79.9. The zero-order chi connectivity index (χ0) is 27.9. The number of phenolic OH excluding ortho intramolecular Hbond substituents is 1. The second-order valence-electron chi connectivity index (χ2n) is 10.6. The largest absolute Gasteiger partial charge is 0.507 e. The van der Waals surface area contributed by atoms with Gasteiger partial charge in [0.05, 0.1) is 22.0 Å². The lowest BCUT2D eigenvalue weighted by molar-refractivity contribution is -0.123. The molecule has 1 aliphatic heterocycles. The van der Waals surface area contributed by atoms with Gasteiger partial charge in [-0.3, -0.25) is 24.1 Å². The van der Waals surface area contributed by atoms with E-state index in [1.54, 1.807) is 30.3 Å². The van der Waals surface area contributed by atoms with Crippen molar-refractivity contribution in [3.05, 3.63) is 104 Å². The minimum absolute atomic E-state index is 0.0396. The van der Waals surface area contributed by atoms with Gasteiger partial charge in [0.2, 0.25) is 11.8 Å². The molecule has 3 aliphatic carbocycles. The van der Waals surface area contributed by atoms with Gasteiger partial charge in [-0.15, -0.1) is 0 Å². The normalized spacial score (nSPS) is 26.0. The first-order valence-electron chi connectivity index (χ1n) is 13.0. The first kappa shape index (κ1) is 25.4. The lowest BCUT2D eigenvalue weighted by Crippen LogP contribution is -2.39. The smallest absolute Gasteiger partial charge is 0.238 e. The summed E-state index contributed by atoms with van der Waals surface area (Å²) in [5.41, 5.74) is 2.48. The first-order chi connectivity index (χ1) is 19.3. The number of ketones is 2. The molecule has 0 spiro atoms. The molecule has 1 fully saturated rings. The standard InChI is InChI=1S/C32H21Br2NO5/c33-16-6-8-17(9-7-16)35-31(39)21-12-11-19-22(27(21)32(35)40)13-23-28(25(36)14-24(34)30(23)38)26(19)20-10-5-15-3-1-2-4-18(15)29(20)37/h1-11,14,21-22,26-27,37H,12-13H2/t21-,22+,26+,27-/m0/s1. The molecule has 1 saturated heterocycles. The number of nitrogens with zero attached hydrogens (tertiary/aromatic N) is 1. The van der Waals surface area contributed by atoms with Crippen molar-refractivity contribution in [1.82, 2.24) is 0 Å². The molecule has 198 valence electrons. The number of phenols is 1. The molecule has 0 aromatic heterocycles. The maximum absolute atomic E-state index is 14.0. The van der Waals surface area contributed by atoms with Crippen LogP contribution in [0.4, 0.5) is 5.69 Å². The summed E-state index contributed by atoms with van der Waals surface area (Å²) in [5.74, 6) is -3.55. The summed E-state index contributed by atoms with van der Waals surface area (Å²) in [6, 6.07) is 18.1. The van der Waals surface area contributed by atoms with Crippen molar-refractivity contribution in [2.75, 3.05) is 4.90 Å². The van der Waals surface area contributed by atoms with E-state index in [1.807, 2.05) is 36.4 Å². The number of rotatable bonds is 2. The Bertz CT molecular complexity index is 1780. The molecule has 6 nitrogen and oxygen atoms in total. The van der Waals surface area contributed by atoms with Gasteiger partial charge in [-0.2, -0.15) is 0 Å². The molecule has 40 heavy (non-hydrogen) atoms. The molecule has 0 radical (unpaired) electrons. The molecule has 1 heterocycles. The number of hydrogen-bond donors (Lipinski definition) is 1. The third-order valence-electron chi connectivity index (χ3n) is 8.66. The molecular weight excluding hydrogens is 638 g/mol. The highest BCUT2D eigenvalue weighted by molar-refractivity contribution is 9.12. The second kappa shape index (κ2) is 9.21. The number of fused-ring (bicyclic) bond motifs is 4. The fraction of sp³-hybridized carbons (Fsp3) is 0.188. The molecule has 0 unspecified atom stereocenters. The molecule has 0 bridgehead atoms. The zero-order valence-corrected chi connectivity index (χ0v) is 24.1. The number of hydrogen-bond acceptors (Lipinski definition) is 5. The summed E-state index contributed by atoms with van der Waals surface area (Å²) in [4.78, 5) is 55.7. The Morgan fingerprint density at radius 2 is 1.60 bits per heavy atom. The van der Waals surface area contributed by atoms with Crippen LogP contribution in [-0.4, -0.2) is 28.5 Å². The summed E-state index contributed by atoms with van der Waals surface area (Å²) in [6.45, 7) is 0. The van der Waals surface area contributed by atoms with Crippen LogP contribution in [0.1, 0.15) is 24.3 Å². The van der Waals surface area contributed by atoms with Gasteiger partial charge in [0.25, 0.3) is 0 Å². The third-order valence-corrected chi connectivity index (χ3v) is 9.78. The SMILES string of the molecule is O=C1C=C(Br)C(=O)C2=C1[C@@H](c1ccc3ccccc3c1O)C1=CC[C@@H]3C(=O)N(c4ccc(Br)cc4)C(=O)[C@@H]3[C@@H]1C2. The van der Waals surface area contributed by atoms with Crippen molar-refractivity contribution >= 4 is 71.7 Å². The van der Waals surface area contributed by atoms with Gasteiger partial charge in [-0.25, -0.2) is 0 Å². The Morgan fingerprint density at radius 3 is 2.38 bits per heavy atom. The predicted molar refractivity (Wildman–Crippen MR) is 157 cm³/mol. The van der Waals surface area contributed by atoms with Crippen LogP contribution in [-0.2, 0) is 19.2 Å². The number of halogens is 2. The number of carbonyl (C=O) groups excluding carboxylic acids is 4. The van der Waals surface area contributed by atoms with Crippen molar-refractivity contribution < 1.29 is 24.3 Å². The van der Waals surface area contributed by atoms with E-state index in [9.17, 15) is 24.3 Å². The molecule has 7 rings (SSSR count). The van der Waals surface area contributed by atoms with E-state index >= 15 is 0 Å². The van der Waals surface area contributed by atoms with Crippen LogP contribution in [0.25, 0.3) is 10.8 Å². The van der Waals surface area contributed by atoms with Crippen molar-refractivity contribution in [1.29, 1.82) is 0 Å². The number of aromatic hydroxyl groups is 1. The fourth-order valence-electron chi connectivity index (χ4n) is 6.91. The van der Waals surface area contributed by atoms with Crippen LogP contribution in [0.5, 0.6) is 5.75 Å². The molecule has 0 saturated carbocycles. The molecule has 4 aliphatic rings. The highest BCUT2D eigenvalue weighted by Crippen LogP contribution is 2.57. The number of amides is 2. The lowest BCUT2D eigenvalue weighted by Gasteiger charge is -2.42. The van der Waals surface area contributed by atoms with E-state index in [-0.39, 0.29) is 40.0 Å². The van der Waals surface area contributed by atoms with E-state index in [2.05, 4.69) is 31.9 Å². The Kier molecular flexibility index (Phi) is 5.84. The van der Waals surface area contributed by atoms with E-state index in [0.29, 0.717) is 34.2 Å². The van der Waals surface area contributed by atoms with Crippen LogP contribution < -0.4 is 4.90 Å².